The number of imidazole rings is 2. The molecule has 18 heteroatoms. The molecule has 0 bridgehead atoms. The van der Waals surface area contributed by atoms with Crippen molar-refractivity contribution in [2.24, 2.45) is 0 Å². The summed E-state index contributed by atoms with van der Waals surface area (Å²) in [6.07, 6.45) is 0. The molecule has 8 aromatic rings. The fourth-order valence-electron chi connectivity index (χ4n) is 6.80. The SMILES string of the molecule is COc1ccc(-c2noc(N3CCN(c4nc5ccccc5[nH]4)CC3)n2)cc1.COc1ccc(-c2noc(N3CCN(c4nc5ccccc5[nH]4)CC3)n2)cc1.O=CO. The summed E-state index contributed by atoms with van der Waals surface area (Å²) in [6.45, 7) is 6.26. The molecule has 0 spiro atoms. The quantitative estimate of drug-likeness (QED) is 0.160. The number of hydrogen-bond donors (Lipinski definition) is 3. The number of anilines is 4. The van der Waals surface area contributed by atoms with Gasteiger partial charge < -0.3 is 53.2 Å². The molecule has 0 unspecified atom stereocenters. The summed E-state index contributed by atoms with van der Waals surface area (Å²) >= 11 is 0. The fraction of sp³-hybridized carbons (Fsp3) is 0.244. The van der Waals surface area contributed by atoms with Crippen LogP contribution in [0.15, 0.2) is 106 Å². The second-order valence-electron chi connectivity index (χ2n) is 13.5. The van der Waals surface area contributed by atoms with Gasteiger partial charge in [0.2, 0.25) is 23.5 Å². The molecule has 0 radical (unpaired) electrons. The highest BCUT2D eigenvalue weighted by Gasteiger charge is 2.25. The standard InChI is InChI=1S/2C20H20N6O2.CH2O2/c2*1-27-15-8-6-14(7-9-15)18-23-20(28-24-18)26-12-10-25(11-13-26)19-21-16-4-2-3-5-17(16)22-19;2-1-3/h2*2-9H,10-13H2,1H3,(H,21,22);1H,(H,2,3). The summed E-state index contributed by atoms with van der Waals surface area (Å²) in [5, 5.41) is 15.1. The summed E-state index contributed by atoms with van der Waals surface area (Å²) in [5.74, 6) is 4.58. The number of nitrogens with one attached hydrogen (secondary N) is 2. The number of H-pyrrole nitrogens is 2. The molecule has 59 heavy (non-hydrogen) atoms. The van der Waals surface area contributed by atoms with Crippen LogP contribution in [0.3, 0.4) is 0 Å². The first-order chi connectivity index (χ1) is 29.0. The van der Waals surface area contributed by atoms with E-state index < -0.39 is 0 Å². The Morgan fingerprint density at radius 3 is 1.25 bits per heavy atom. The van der Waals surface area contributed by atoms with Gasteiger partial charge in [-0.15, -0.1) is 0 Å². The Kier molecular flexibility index (Phi) is 11.5. The summed E-state index contributed by atoms with van der Waals surface area (Å²) in [4.78, 5) is 42.3. The Bertz CT molecular complexity index is 2330. The maximum atomic E-state index is 8.36. The number of benzene rings is 4. The normalized spacial score (nSPS) is 14.1. The van der Waals surface area contributed by atoms with Crippen LogP contribution >= 0.6 is 0 Å². The molecule has 2 aliphatic rings. The maximum absolute atomic E-state index is 8.36. The highest BCUT2D eigenvalue weighted by molar-refractivity contribution is 5.78. The van der Waals surface area contributed by atoms with Gasteiger partial charge in [0.05, 0.1) is 36.3 Å². The van der Waals surface area contributed by atoms with Crippen LogP contribution in [-0.4, -0.2) is 118 Å². The van der Waals surface area contributed by atoms with Gasteiger partial charge in [-0.1, -0.05) is 34.6 Å². The van der Waals surface area contributed by atoms with Gasteiger partial charge in [-0.3, -0.25) is 4.79 Å². The lowest BCUT2D eigenvalue weighted by atomic mass is 10.2. The fourth-order valence-corrected chi connectivity index (χ4v) is 6.80. The van der Waals surface area contributed by atoms with Crippen LogP contribution in [0.1, 0.15) is 0 Å². The maximum Gasteiger partial charge on any atom is 0.324 e. The van der Waals surface area contributed by atoms with Gasteiger partial charge in [0.15, 0.2) is 0 Å². The summed E-state index contributed by atoms with van der Waals surface area (Å²) in [6, 6.07) is 32.5. The van der Waals surface area contributed by atoms with E-state index in [1.807, 2.05) is 97.1 Å². The van der Waals surface area contributed by atoms with Gasteiger partial charge in [-0.05, 0) is 72.8 Å². The minimum Gasteiger partial charge on any atom is -0.497 e. The number of aromatic amines is 2. The summed E-state index contributed by atoms with van der Waals surface area (Å²) < 4.78 is 21.4. The molecule has 4 aromatic carbocycles. The molecular weight excluding hydrogens is 757 g/mol. The molecule has 0 amide bonds. The number of nitrogens with zero attached hydrogens (tertiary/aromatic N) is 10. The Morgan fingerprint density at radius 1 is 0.542 bits per heavy atom. The molecule has 2 aliphatic heterocycles. The first-order valence-corrected chi connectivity index (χ1v) is 18.9. The van der Waals surface area contributed by atoms with Crippen molar-refractivity contribution in [3.63, 3.8) is 0 Å². The van der Waals surface area contributed by atoms with Crippen molar-refractivity contribution >= 4 is 52.5 Å². The van der Waals surface area contributed by atoms with Gasteiger partial charge in [0.25, 0.3) is 6.47 Å². The summed E-state index contributed by atoms with van der Waals surface area (Å²) in [7, 11) is 3.29. The van der Waals surface area contributed by atoms with E-state index >= 15 is 0 Å². The first-order valence-electron chi connectivity index (χ1n) is 18.9. The first kappa shape index (κ1) is 38.3. The van der Waals surface area contributed by atoms with E-state index in [9.17, 15) is 0 Å². The van der Waals surface area contributed by atoms with Gasteiger partial charge in [-0.25, -0.2) is 9.97 Å². The lowest BCUT2D eigenvalue weighted by Gasteiger charge is -2.33. The van der Waals surface area contributed by atoms with Crippen molar-refractivity contribution in [2.45, 2.75) is 0 Å². The van der Waals surface area contributed by atoms with Gasteiger partial charge >= 0.3 is 12.0 Å². The van der Waals surface area contributed by atoms with Crippen LogP contribution in [-0.2, 0) is 4.79 Å². The van der Waals surface area contributed by atoms with E-state index in [1.165, 1.54) is 0 Å². The number of carbonyl (C=O) groups is 1. The van der Waals surface area contributed by atoms with Crippen molar-refractivity contribution in [1.29, 1.82) is 0 Å². The van der Waals surface area contributed by atoms with Crippen molar-refractivity contribution in [3.05, 3.63) is 97.1 Å². The monoisotopic (exact) mass is 798 g/mol. The molecule has 302 valence electrons. The highest BCUT2D eigenvalue weighted by atomic mass is 16.5. The number of rotatable bonds is 8. The number of aromatic nitrogens is 8. The molecule has 0 saturated carbocycles. The van der Waals surface area contributed by atoms with E-state index in [0.717, 1.165) is 109 Å². The van der Waals surface area contributed by atoms with Crippen LogP contribution in [0.2, 0.25) is 0 Å². The zero-order chi connectivity index (χ0) is 40.6. The number of methoxy groups -OCH3 is 2. The van der Waals surface area contributed by atoms with Crippen LogP contribution < -0.4 is 29.1 Å². The van der Waals surface area contributed by atoms with Crippen LogP contribution in [0.4, 0.5) is 23.9 Å². The van der Waals surface area contributed by atoms with Gasteiger partial charge in [-0.2, -0.15) is 9.97 Å². The Hall–Kier alpha value is -7.63. The number of hydrogen-bond acceptors (Lipinski definition) is 15. The Morgan fingerprint density at radius 2 is 0.898 bits per heavy atom. The molecule has 6 heterocycles. The lowest BCUT2D eigenvalue weighted by molar-refractivity contribution is -0.122. The molecule has 0 aliphatic carbocycles. The third kappa shape index (κ3) is 8.70. The number of para-hydroxylation sites is 4. The van der Waals surface area contributed by atoms with Crippen molar-refractivity contribution in [2.75, 3.05) is 86.2 Å². The van der Waals surface area contributed by atoms with E-state index in [0.29, 0.717) is 23.7 Å². The molecule has 0 atom stereocenters. The zero-order valence-corrected chi connectivity index (χ0v) is 32.4. The van der Waals surface area contributed by atoms with Crippen LogP contribution in [0, 0.1) is 0 Å². The number of fused-ring (bicyclic) bond motifs is 2. The second kappa shape index (κ2) is 17.7. The second-order valence-corrected chi connectivity index (χ2v) is 13.5. The number of piperazine rings is 2. The summed E-state index contributed by atoms with van der Waals surface area (Å²) in [5.41, 5.74) is 5.89. The molecule has 18 nitrogen and oxygen atoms in total. The third-order valence-electron chi connectivity index (χ3n) is 9.98. The van der Waals surface area contributed by atoms with Crippen LogP contribution in [0.5, 0.6) is 11.5 Å². The van der Waals surface area contributed by atoms with Gasteiger partial charge in [0, 0.05) is 63.5 Å². The van der Waals surface area contributed by atoms with E-state index in [-0.39, 0.29) is 6.47 Å². The van der Waals surface area contributed by atoms with E-state index in [4.69, 9.17) is 28.4 Å². The smallest absolute Gasteiger partial charge is 0.324 e. The average Bonchev–Trinajstić information content (AvgIpc) is 4.14. The predicted molar refractivity (Wildman–Crippen MR) is 222 cm³/mol. The number of carboxylic acid groups (broad SMARTS) is 1. The molecule has 4 aromatic heterocycles. The van der Waals surface area contributed by atoms with E-state index in [1.54, 1.807) is 14.2 Å². The highest BCUT2D eigenvalue weighted by Crippen LogP contribution is 2.26. The predicted octanol–water partition coefficient (Wildman–Crippen LogP) is 5.60. The van der Waals surface area contributed by atoms with Gasteiger partial charge in [0.1, 0.15) is 11.5 Å². The third-order valence-corrected chi connectivity index (χ3v) is 9.98. The largest absolute Gasteiger partial charge is 0.497 e. The molecule has 2 fully saturated rings. The zero-order valence-electron chi connectivity index (χ0n) is 32.4. The Labute approximate surface area is 338 Å². The minimum atomic E-state index is -0.250. The molecular formula is C41H42N12O6. The van der Waals surface area contributed by atoms with Crippen molar-refractivity contribution in [1.82, 2.24) is 40.2 Å². The minimum absolute atomic E-state index is 0.250. The van der Waals surface area contributed by atoms with Crippen LogP contribution in [0.25, 0.3) is 44.8 Å². The van der Waals surface area contributed by atoms with Crippen molar-refractivity contribution in [3.8, 4) is 34.3 Å². The topological polar surface area (TPSA) is 204 Å². The number of ether oxygens (including phenoxy) is 2. The molecule has 10 rings (SSSR count). The lowest BCUT2D eigenvalue weighted by Crippen LogP contribution is -2.47. The molecule has 2 saturated heterocycles. The average molecular weight is 799 g/mol. The van der Waals surface area contributed by atoms with E-state index in [2.05, 4.69) is 59.8 Å². The molecule has 3 N–H and O–H groups in total. The Balaban J connectivity index is 0.000000154. The van der Waals surface area contributed by atoms with Crippen molar-refractivity contribution < 1.29 is 28.4 Å².